The topological polar surface area (TPSA) is 12.0 Å². The van der Waals surface area contributed by atoms with E-state index < -0.39 is 0 Å². The third-order valence-corrected chi connectivity index (χ3v) is 5.53. The lowest BCUT2D eigenvalue weighted by Gasteiger charge is -2.20. The van der Waals surface area contributed by atoms with E-state index in [4.69, 9.17) is 0 Å². The Balaban J connectivity index is 1.84. The third kappa shape index (κ3) is 2.87. The van der Waals surface area contributed by atoms with Gasteiger partial charge in [-0.2, -0.15) is 0 Å². The maximum atomic E-state index is 3.72. The molecule has 2 heteroatoms. The predicted octanol–water partition coefficient (Wildman–Crippen LogP) is 5.62. The summed E-state index contributed by atoms with van der Waals surface area (Å²) in [6, 6.07) is 20.0. The molecule has 0 aliphatic carbocycles. The Kier molecular flexibility index (Phi) is 4.09. The summed E-state index contributed by atoms with van der Waals surface area (Å²) in [5.74, 6) is 0. The minimum atomic E-state index is 0.353. The van der Waals surface area contributed by atoms with E-state index in [9.17, 15) is 0 Å². The van der Waals surface area contributed by atoms with Gasteiger partial charge in [-0.25, -0.2) is 0 Å². The lowest BCUT2D eigenvalue weighted by atomic mass is 10.1. The molecule has 3 aromatic rings. The van der Waals surface area contributed by atoms with Crippen LogP contribution < -0.4 is 5.32 Å². The van der Waals surface area contributed by atoms with Gasteiger partial charge in [0.2, 0.25) is 0 Å². The first kappa shape index (κ1) is 14.3. The number of nitrogens with one attached hydrogen (secondary N) is 1. The van der Waals surface area contributed by atoms with E-state index in [0.717, 1.165) is 0 Å². The summed E-state index contributed by atoms with van der Waals surface area (Å²) in [7, 11) is 0. The van der Waals surface area contributed by atoms with E-state index >= 15 is 0 Å². The van der Waals surface area contributed by atoms with Gasteiger partial charge in [0.25, 0.3) is 0 Å². The molecule has 1 heterocycles. The van der Waals surface area contributed by atoms with Gasteiger partial charge in [-0.1, -0.05) is 48.5 Å². The van der Waals surface area contributed by atoms with E-state index in [-0.39, 0.29) is 0 Å². The number of fused-ring (bicyclic) bond motifs is 1. The van der Waals surface area contributed by atoms with Gasteiger partial charge in [0.1, 0.15) is 0 Å². The van der Waals surface area contributed by atoms with Gasteiger partial charge in [-0.15, -0.1) is 11.3 Å². The van der Waals surface area contributed by atoms with Crippen LogP contribution in [-0.2, 0) is 0 Å². The van der Waals surface area contributed by atoms with Crippen molar-refractivity contribution >= 4 is 21.4 Å². The molecule has 21 heavy (non-hydrogen) atoms. The molecule has 2 aromatic carbocycles. The lowest BCUT2D eigenvalue weighted by molar-refractivity contribution is 0.499. The maximum absolute atomic E-state index is 3.72. The Bertz CT molecular complexity index is 730. The molecule has 1 aromatic heterocycles. The molecule has 0 amide bonds. The molecule has 0 radical (unpaired) electrons. The van der Waals surface area contributed by atoms with Crippen molar-refractivity contribution in [2.45, 2.75) is 32.9 Å². The van der Waals surface area contributed by atoms with Crippen molar-refractivity contribution in [3.05, 3.63) is 70.6 Å². The molecule has 3 rings (SSSR count). The highest BCUT2D eigenvalue weighted by molar-refractivity contribution is 7.19. The number of hydrogen-bond acceptors (Lipinski definition) is 2. The molecular formula is C19H21NS. The Hall–Kier alpha value is -1.64. The molecule has 108 valence electrons. The Morgan fingerprint density at radius 1 is 0.857 bits per heavy atom. The summed E-state index contributed by atoms with van der Waals surface area (Å²) in [5.41, 5.74) is 2.75. The van der Waals surface area contributed by atoms with Crippen LogP contribution in [0, 0.1) is 6.92 Å². The summed E-state index contributed by atoms with van der Waals surface area (Å²) in [6.45, 7) is 6.73. The van der Waals surface area contributed by atoms with Crippen LogP contribution in [0.5, 0.6) is 0 Å². The molecule has 0 spiro atoms. The molecular weight excluding hydrogens is 274 g/mol. The lowest BCUT2D eigenvalue weighted by Crippen LogP contribution is -2.22. The van der Waals surface area contributed by atoms with Crippen LogP contribution in [0.4, 0.5) is 0 Å². The third-order valence-electron chi connectivity index (χ3n) is 4.07. The van der Waals surface area contributed by atoms with Gasteiger partial charge < -0.3 is 5.32 Å². The zero-order valence-corrected chi connectivity index (χ0v) is 13.6. The average molecular weight is 295 g/mol. The molecule has 0 fully saturated rings. The molecule has 2 atom stereocenters. The molecule has 0 saturated heterocycles. The SMILES string of the molecule is Cc1c(C(C)NC(C)c2ccccc2)sc2ccccc12. The van der Waals surface area contributed by atoms with Gasteiger partial charge in [0.05, 0.1) is 0 Å². The molecule has 1 nitrogen and oxygen atoms in total. The average Bonchev–Trinajstić information content (AvgIpc) is 2.86. The highest BCUT2D eigenvalue weighted by Crippen LogP contribution is 2.35. The van der Waals surface area contributed by atoms with Crippen LogP contribution in [0.15, 0.2) is 54.6 Å². The van der Waals surface area contributed by atoms with Crippen molar-refractivity contribution in [2.75, 3.05) is 0 Å². The van der Waals surface area contributed by atoms with Crippen LogP contribution >= 0.6 is 11.3 Å². The monoisotopic (exact) mass is 295 g/mol. The fourth-order valence-corrected chi connectivity index (χ4v) is 4.12. The van der Waals surface area contributed by atoms with Crippen molar-refractivity contribution in [3.8, 4) is 0 Å². The van der Waals surface area contributed by atoms with E-state index in [2.05, 4.69) is 80.7 Å². The molecule has 0 saturated carbocycles. The van der Waals surface area contributed by atoms with Gasteiger partial charge in [-0.05, 0) is 43.4 Å². The summed E-state index contributed by atoms with van der Waals surface area (Å²) < 4.78 is 1.38. The summed E-state index contributed by atoms with van der Waals surface area (Å²) in [5, 5.41) is 5.11. The second kappa shape index (κ2) is 6.00. The molecule has 0 bridgehead atoms. The molecule has 1 N–H and O–H groups in total. The molecule has 0 aliphatic rings. The second-order valence-electron chi connectivity index (χ2n) is 5.61. The van der Waals surface area contributed by atoms with E-state index in [1.54, 1.807) is 0 Å². The number of aryl methyl sites for hydroxylation is 1. The standard InChI is InChI=1S/C19H21NS/c1-13-17-11-7-8-12-18(17)21-19(13)15(3)20-14(2)16-9-5-4-6-10-16/h4-12,14-15,20H,1-3H3. The van der Waals surface area contributed by atoms with Crippen LogP contribution in [0.2, 0.25) is 0 Å². The highest BCUT2D eigenvalue weighted by Gasteiger charge is 2.16. The number of rotatable bonds is 4. The highest BCUT2D eigenvalue weighted by atomic mass is 32.1. The van der Waals surface area contributed by atoms with Crippen molar-refractivity contribution in [2.24, 2.45) is 0 Å². The van der Waals surface area contributed by atoms with Gasteiger partial charge in [-0.3, -0.25) is 0 Å². The quantitative estimate of drug-likeness (QED) is 0.658. The van der Waals surface area contributed by atoms with Crippen LogP contribution in [0.25, 0.3) is 10.1 Å². The number of thiophene rings is 1. The smallest absolute Gasteiger partial charge is 0.0394 e. The van der Waals surface area contributed by atoms with E-state index in [1.165, 1.54) is 26.1 Å². The number of benzene rings is 2. The van der Waals surface area contributed by atoms with Crippen molar-refractivity contribution in [3.63, 3.8) is 0 Å². The second-order valence-corrected chi connectivity index (χ2v) is 6.69. The van der Waals surface area contributed by atoms with Crippen molar-refractivity contribution in [1.82, 2.24) is 5.32 Å². The predicted molar refractivity (Wildman–Crippen MR) is 93.0 cm³/mol. The minimum absolute atomic E-state index is 0.353. The first-order chi connectivity index (χ1) is 10.2. The summed E-state index contributed by atoms with van der Waals surface area (Å²) in [6.07, 6.45) is 0. The zero-order valence-electron chi connectivity index (χ0n) is 12.8. The van der Waals surface area contributed by atoms with E-state index in [1.807, 2.05) is 11.3 Å². The van der Waals surface area contributed by atoms with Crippen LogP contribution in [0.3, 0.4) is 0 Å². The minimum Gasteiger partial charge on any atom is -0.303 e. The Labute approximate surface area is 130 Å². The molecule has 2 unspecified atom stereocenters. The Morgan fingerprint density at radius 2 is 1.52 bits per heavy atom. The fourth-order valence-electron chi connectivity index (χ4n) is 2.89. The largest absolute Gasteiger partial charge is 0.303 e. The van der Waals surface area contributed by atoms with E-state index in [0.29, 0.717) is 12.1 Å². The summed E-state index contributed by atoms with van der Waals surface area (Å²) >= 11 is 1.91. The maximum Gasteiger partial charge on any atom is 0.0394 e. The van der Waals surface area contributed by atoms with Crippen molar-refractivity contribution in [1.29, 1.82) is 0 Å². The summed E-state index contributed by atoms with van der Waals surface area (Å²) in [4.78, 5) is 1.44. The van der Waals surface area contributed by atoms with Crippen LogP contribution in [-0.4, -0.2) is 0 Å². The van der Waals surface area contributed by atoms with Gasteiger partial charge in [0, 0.05) is 21.7 Å². The molecule has 0 aliphatic heterocycles. The van der Waals surface area contributed by atoms with Gasteiger partial charge >= 0.3 is 0 Å². The first-order valence-corrected chi connectivity index (χ1v) is 8.27. The Morgan fingerprint density at radius 3 is 2.24 bits per heavy atom. The van der Waals surface area contributed by atoms with Crippen molar-refractivity contribution < 1.29 is 0 Å². The fraction of sp³-hybridized carbons (Fsp3) is 0.263. The number of hydrogen-bond donors (Lipinski definition) is 1. The zero-order chi connectivity index (χ0) is 14.8. The van der Waals surface area contributed by atoms with Gasteiger partial charge in [0.15, 0.2) is 0 Å². The normalized spacial score (nSPS) is 14.2. The first-order valence-electron chi connectivity index (χ1n) is 7.46. The van der Waals surface area contributed by atoms with Crippen LogP contribution in [0.1, 0.15) is 41.9 Å².